The molecule has 0 radical (unpaired) electrons. The SMILES string of the molecule is COC(=O)[C@]1(Cc2cc(Br)cc(Br)c2)CCCN1C(=O)[C@@H]1CCCN1C(=O)O. The highest BCUT2D eigenvalue weighted by Gasteiger charge is 2.53. The summed E-state index contributed by atoms with van der Waals surface area (Å²) in [6.07, 6.45) is 1.46. The van der Waals surface area contributed by atoms with Crippen molar-refractivity contribution in [3.05, 3.63) is 32.7 Å². The number of ether oxygens (including phenoxy) is 1. The van der Waals surface area contributed by atoms with Gasteiger partial charge in [-0.05, 0) is 49.4 Å². The van der Waals surface area contributed by atoms with E-state index in [1.807, 2.05) is 18.2 Å². The van der Waals surface area contributed by atoms with Crippen molar-refractivity contribution in [3.63, 3.8) is 0 Å². The van der Waals surface area contributed by atoms with E-state index in [2.05, 4.69) is 31.9 Å². The number of carbonyl (C=O) groups excluding carboxylic acids is 2. The number of hydrogen-bond acceptors (Lipinski definition) is 4. The number of benzene rings is 1. The number of methoxy groups -OCH3 is 1. The Hall–Kier alpha value is -1.61. The Labute approximate surface area is 180 Å². The highest BCUT2D eigenvalue weighted by Crippen LogP contribution is 2.37. The van der Waals surface area contributed by atoms with Gasteiger partial charge in [-0.3, -0.25) is 9.69 Å². The van der Waals surface area contributed by atoms with Gasteiger partial charge in [0, 0.05) is 28.5 Å². The zero-order chi connectivity index (χ0) is 20.5. The van der Waals surface area contributed by atoms with Crippen molar-refractivity contribution >= 4 is 49.8 Å². The normalized spacial score (nSPS) is 24.5. The second-order valence-corrected chi connectivity index (χ2v) is 9.04. The molecule has 2 heterocycles. The van der Waals surface area contributed by atoms with Crippen LogP contribution in [0.2, 0.25) is 0 Å². The molecular formula is C19H22Br2N2O5. The average Bonchev–Trinajstić information content (AvgIpc) is 3.27. The van der Waals surface area contributed by atoms with Gasteiger partial charge >= 0.3 is 12.1 Å². The summed E-state index contributed by atoms with van der Waals surface area (Å²) in [6.45, 7) is 0.746. The molecule has 3 rings (SSSR count). The minimum Gasteiger partial charge on any atom is -0.467 e. The Kier molecular flexibility index (Phi) is 6.34. The Balaban J connectivity index is 1.95. The molecule has 2 saturated heterocycles. The summed E-state index contributed by atoms with van der Waals surface area (Å²) in [5.74, 6) is -0.772. The van der Waals surface area contributed by atoms with Gasteiger partial charge in [-0.15, -0.1) is 0 Å². The summed E-state index contributed by atoms with van der Waals surface area (Å²) in [5, 5.41) is 9.41. The standard InChI is InChI=1S/C19H22Br2N2O5/c1-28-17(25)19(11-12-8-13(20)10-14(21)9-12)5-3-7-23(19)16(24)15-4-2-6-22(15)18(26)27/h8-10,15H,2-7,11H2,1H3,(H,26,27)/t15-,19+/m0/s1. The number of amides is 2. The molecule has 28 heavy (non-hydrogen) atoms. The highest BCUT2D eigenvalue weighted by molar-refractivity contribution is 9.11. The van der Waals surface area contributed by atoms with Gasteiger partial charge in [0.25, 0.3) is 0 Å². The van der Waals surface area contributed by atoms with Crippen LogP contribution in [0.4, 0.5) is 4.79 Å². The molecule has 2 atom stereocenters. The molecular weight excluding hydrogens is 496 g/mol. The number of esters is 1. The Morgan fingerprint density at radius 2 is 1.86 bits per heavy atom. The lowest BCUT2D eigenvalue weighted by atomic mass is 9.87. The molecule has 2 fully saturated rings. The number of likely N-dealkylation sites (tertiary alicyclic amines) is 2. The summed E-state index contributed by atoms with van der Waals surface area (Å²) < 4.78 is 6.82. The second-order valence-electron chi connectivity index (χ2n) is 7.21. The van der Waals surface area contributed by atoms with E-state index in [1.54, 1.807) is 4.90 Å². The van der Waals surface area contributed by atoms with Crippen molar-refractivity contribution in [3.8, 4) is 0 Å². The van der Waals surface area contributed by atoms with E-state index in [0.29, 0.717) is 45.2 Å². The molecule has 0 aromatic heterocycles. The zero-order valence-electron chi connectivity index (χ0n) is 15.5. The van der Waals surface area contributed by atoms with Crippen molar-refractivity contribution in [1.29, 1.82) is 0 Å². The molecule has 9 heteroatoms. The number of nitrogens with zero attached hydrogens (tertiary/aromatic N) is 2. The maximum Gasteiger partial charge on any atom is 0.407 e. The van der Waals surface area contributed by atoms with Crippen molar-refractivity contribution in [2.24, 2.45) is 0 Å². The molecule has 152 valence electrons. The van der Waals surface area contributed by atoms with Gasteiger partial charge in [0.15, 0.2) is 0 Å². The van der Waals surface area contributed by atoms with Gasteiger partial charge in [-0.25, -0.2) is 9.59 Å². The Morgan fingerprint density at radius 1 is 1.18 bits per heavy atom. The van der Waals surface area contributed by atoms with Gasteiger partial charge in [0.05, 0.1) is 7.11 Å². The van der Waals surface area contributed by atoms with Crippen molar-refractivity contribution < 1.29 is 24.2 Å². The molecule has 2 aliphatic heterocycles. The van der Waals surface area contributed by atoms with Crippen LogP contribution in [-0.2, 0) is 20.7 Å². The van der Waals surface area contributed by atoms with Crippen LogP contribution in [0.1, 0.15) is 31.2 Å². The first-order valence-electron chi connectivity index (χ1n) is 9.13. The van der Waals surface area contributed by atoms with E-state index >= 15 is 0 Å². The molecule has 1 aromatic rings. The number of rotatable bonds is 4. The van der Waals surface area contributed by atoms with Gasteiger partial charge in [-0.2, -0.15) is 0 Å². The minimum atomic E-state index is -1.13. The summed E-state index contributed by atoms with van der Waals surface area (Å²) in [5.41, 5.74) is -0.244. The zero-order valence-corrected chi connectivity index (χ0v) is 18.7. The molecule has 7 nitrogen and oxygen atoms in total. The molecule has 1 aromatic carbocycles. The lowest BCUT2D eigenvalue weighted by molar-refractivity contribution is -0.160. The fraction of sp³-hybridized carbons (Fsp3) is 0.526. The summed E-state index contributed by atoms with van der Waals surface area (Å²) >= 11 is 6.91. The molecule has 0 spiro atoms. The number of halogens is 2. The van der Waals surface area contributed by atoms with Gasteiger partial charge in [0.1, 0.15) is 11.6 Å². The largest absolute Gasteiger partial charge is 0.467 e. The van der Waals surface area contributed by atoms with E-state index in [-0.39, 0.29) is 5.91 Å². The fourth-order valence-electron chi connectivity index (χ4n) is 4.34. The van der Waals surface area contributed by atoms with Crippen molar-refractivity contribution in [2.45, 2.75) is 43.7 Å². The van der Waals surface area contributed by atoms with Gasteiger partial charge in [-0.1, -0.05) is 31.9 Å². The third-order valence-corrected chi connectivity index (χ3v) is 6.44. The van der Waals surface area contributed by atoms with Crippen molar-refractivity contribution in [2.75, 3.05) is 20.2 Å². The lowest BCUT2D eigenvalue weighted by Gasteiger charge is -2.38. The van der Waals surface area contributed by atoms with E-state index in [1.165, 1.54) is 12.0 Å². The van der Waals surface area contributed by atoms with Crippen LogP contribution in [0.5, 0.6) is 0 Å². The topological polar surface area (TPSA) is 87.2 Å². The molecule has 0 saturated carbocycles. The average molecular weight is 518 g/mol. The molecule has 2 aliphatic rings. The highest BCUT2D eigenvalue weighted by atomic mass is 79.9. The first-order chi connectivity index (χ1) is 13.3. The quantitative estimate of drug-likeness (QED) is 0.618. The van der Waals surface area contributed by atoms with E-state index in [4.69, 9.17) is 4.74 Å². The molecule has 0 bridgehead atoms. The van der Waals surface area contributed by atoms with Crippen LogP contribution in [-0.4, -0.2) is 64.7 Å². The maximum absolute atomic E-state index is 13.3. The third kappa shape index (κ3) is 3.91. The number of carboxylic acid groups (broad SMARTS) is 1. The van der Waals surface area contributed by atoms with Crippen LogP contribution in [0.3, 0.4) is 0 Å². The summed E-state index contributed by atoms with van der Waals surface area (Å²) in [6, 6.07) is 4.98. The minimum absolute atomic E-state index is 0.308. The van der Waals surface area contributed by atoms with E-state index in [9.17, 15) is 19.5 Å². The first kappa shape index (κ1) is 21.1. The summed E-state index contributed by atoms with van der Waals surface area (Å²) in [4.78, 5) is 40.4. The van der Waals surface area contributed by atoms with Crippen LogP contribution in [0.25, 0.3) is 0 Å². The molecule has 1 N–H and O–H groups in total. The lowest BCUT2D eigenvalue weighted by Crippen LogP contribution is -2.59. The molecule has 0 aliphatic carbocycles. The van der Waals surface area contributed by atoms with Crippen LogP contribution in [0, 0.1) is 0 Å². The monoisotopic (exact) mass is 516 g/mol. The fourth-order valence-corrected chi connectivity index (χ4v) is 5.73. The molecule has 2 amide bonds. The first-order valence-corrected chi connectivity index (χ1v) is 10.7. The number of hydrogen-bond donors (Lipinski definition) is 1. The smallest absolute Gasteiger partial charge is 0.407 e. The Bertz CT molecular complexity index is 782. The van der Waals surface area contributed by atoms with E-state index < -0.39 is 23.6 Å². The predicted octanol–water partition coefficient (Wildman–Crippen LogP) is 3.43. The van der Waals surface area contributed by atoms with Gasteiger partial charge < -0.3 is 14.7 Å². The predicted molar refractivity (Wildman–Crippen MR) is 109 cm³/mol. The second kappa shape index (κ2) is 8.41. The van der Waals surface area contributed by atoms with Crippen LogP contribution >= 0.6 is 31.9 Å². The van der Waals surface area contributed by atoms with Crippen LogP contribution in [0.15, 0.2) is 27.1 Å². The van der Waals surface area contributed by atoms with Gasteiger partial charge in [0.2, 0.25) is 5.91 Å². The Morgan fingerprint density at radius 3 is 2.46 bits per heavy atom. The molecule has 0 unspecified atom stereocenters. The maximum atomic E-state index is 13.3. The number of carbonyl (C=O) groups is 3. The summed E-state index contributed by atoms with van der Waals surface area (Å²) in [7, 11) is 1.32. The third-order valence-electron chi connectivity index (χ3n) is 5.52. The van der Waals surface area contributed by atoms with E-state index in [0.717, 1.165) is 14.5 Å². The van der Waals surface area contributed by atoms with Crippen LogP contribution < -0.4 is 0 Å². The van der Waals surface area contributed by atoms with Crippen molar-refractivity contribution in [1.82, 2.24) is 9.80 Å².